The van der Waals surface area contributed by atoms with E-state index in [2.05, 4.69) is 62.0 Å². The molecule has 0 spiro atoms. The van der Waals surface area contributed by atoms with E-state index in [1.54, 1.807) is 11.1 Å². The van der Waals surface area contributed by atoms with Crippen LogP contribution in [-0.4, -0.2) is 91.1 Å². The van der Waals surface area contributed by atoms with Crippen molar-refractivity contribution < 1.29 is 29.0 Å². The molecule has 14 nitrogen and oxygen atoms in total. The summed E-state index contributed by atoms with van der Waals surface area (Å²) in [4.78, 5) is 70.5. The molecule has 55 heavy (non-hydrogen) atoms. The van der Waals surface area contributed by atoms with Gasteiger partial charge in [0.1, 0.15) is 17.7 Å². The van der Waals surface area contributed by atoms with Crippen LogP contribution < -0.4 is 10.6 Å². The molecule has 1 aliphatic carbocycles. The lowest BCUT2D eigenvalue weighted by atomic mass is 9.83. The summed E-state index contributed by atoms with van der Waals surface area (Å²) in [7, 11) is 1.34. The van der Waals surface area contributed by atoms with Gasteiger partial charge in [0.25, 0.3) is 0 Å². The number of hydrogen-bond acceptors (Lipinski definition) is 7. The van der Waals surface area contributed by atoms with E-state index in [4.69, 9.17) is 9.72 Å². The fraction of sp³-hybridized carbons (Fsp3) is 0.463. The number of H-pyrrole nitrogens is 2. The minimum Gasteiger partial charge on any atom is -0.465 e. The van der Waals surface area contributed by atoms with Crippen LogP contribution in [0.4, 0.5) is 9.59 Å². The van der Waals surface area contributed by atoms with Gasteiger partial charge in [0, 0.05) is 19.1 Å². The van der Waals surface area contributed by atoms with Crippen molar-refractivity contribution in [2.45, 2.75) is 89.4 Å². The van der Waals surface area contributed by atoms with E-state index in [9.17, 15) is 24.3 Å². The third-order valence-corrected chi connectivity index (χ3v) is 11.4. The first kappa shape index (κ1) is 37.6. The van der Waals surface area contributed by atoms with Crippen LogP contribution in [0.25, 0.3) is 33.6 Å². The van der Waals surface area contributed by atoms with Gasteiger partial charge in [0.2, 0.25) is 11.8 Å². The van der Waals surface area contributed by atoms with Gasteiger partial charge in [-0.15, -0.1) is 0 Å². The molecule has 14 heteroatoms. The third-order valence-electron chi connectivity index (χ3n) is 11.4. The number of carboxylic acid groups (broad SMARTS) is 1. The number of aromatic nitrogens is 4. The summed E-state index contributed by atoms with van der Waals surface area (Å²) in [5.41, 5.74) is 5.80. The molecule has 2 aliphatic heterocycles. The standard InChI is InChI=1S/C41H50N8O6/c1-24(2)35(47-40(52)53)39(51)49-21-7-11-34(49)37-43-23-32(45-37)28-18-14-26(15-19-28)25-12-16-27(17-13-25)31-22-42-36(44-31)33-10-6-20-48(33)38(50)29-8-4-5-9-30(29)46-41(54)55-3/h12-19,22-24,29-30,33-35,47H,4-11,20-21H2,1-3H3,(H,42,44)(H,43,45)(H,46,54)(H,52,53)/t29-,30+,33-,34-,35-/m0/s1. The maximum atomic E-state index is 13.8. The number of carbonyl (C=O) groups excluding carboxylic acids is 3. The number of rotatable bonds is 10. The molecule has 290 valence electrons. The second kappa shape index (κ2) is 16.4. The van der Waals surface area contributed by atoms with Gasteiger partial charge < -0.3 is 40.2 Å². The highest BCUT2D eigenvalue weighted by atomic mass is 16.5. The highest BCUT2D eigenvalue weighted by Gasteiger charge is 2.40. The topological polar surface area (TPSA) is 186 Å². The molecule has 3 fully saturated rings. The summed E-state index contributed by atoms with van der Waals surface area (Å²) >= 11 is 0. The fourth-order valence-electron chi connectivity index (χ4n) is 8.47. The molecule has 4 heterocycles. The molecule has 2 aromatic carbocycles. The van der Waals surface area contributed by atoms with Crippen LogP contribution in [0.1, 0.15) is 88.9 Å². The molecule has 5 atom stereocenters. The molecule has 3 aliphatic rings. The number of ether oxygens (including phenoxy) is 1. The van der Waals surface area contributed by atoms with Gasteiger partial charge in [0.05, 0.1) is 48.9 Å². The lowest BCUT2D eigenvalue weighted by molar-refractivity contribution is -0.138. The van der Waals surface area contributed by atoms with Gasteiger partial charge in [-0.25, -0.2) is 19.6 Å². The van der Waals surface area contributed by atoms with Gasteiger partial charge >= 0.3 is 12.2 Å². The van der Waals surface area contributed by atoms with Crippen molar-refractivity contribution in [3.8, 4) is 33.6 Å². The smallest absolute Gasteiger partial charge is 0.407 e. The SMILES string of the molecule is COC(=O)N[C@@H]1CCCC[C@@H]1C(=O)N1CCC[C@H]1c1ncc(-c2ccc(-c3ccc(-c4cnc([C@@H]5CCCN5C(=O)[C@@H](NC(=O)O)C(C)C)[nH]4)cc3)cc2)[nH]1. The van der Waals surface area contributed by atoms with Crippen molar-refractivity contribution in [2.24, 2.45) is 11.8 Å². The Kier molecular flexibility index (Phi) is 11.2. The van der Waals surface area contributed by atoms with Gasteiger partial charge in [-0.1, -0.05) is 75.2 Å². The second-order valence-electron chi connectivity index (χ2n) is 15.2. The van der Waals surface area contributed by atoms with Gasteiger partial charge in [-0.2, -0.15) is 0 Å². The zero-order valence-electron chi connectivity index (χ0n) is 31.6. The normalized spacial score (nSPS) is 21.7. The Morgan fingerprint density at radius 3 is 1.78 bits per heavy atom. The number of methoxy groups -OCH3 is 1. The average Bonchev–Trinajstić information content (AvgIpc) is 4.03. The Bertz CT molecular complexity index is 1990. The molecule has 7 rings (SSSR count). The molecular weight excluding hydrogens is 701 g/mol. The number of benzene rings is 2. The van der Waals surface area contributed by atoms with Crippen LogP contribution >= 0.6 is 0 Å². The van der Waals surface area contributed by atoms with Crippen LogP contribution in [0.15, 0.2) is 60.9 Å². The lowest BCUT2D eigenvalue weighted by Gasteiger charge is -2.35. The van der Waals surface area contributed by atoms with E-state index in [1.165, 1.54) is 7.11 Å². The monoisotopic (exact) mass is 750 g/mol. The first-order chi connectivity index (χ1) is 26.6. The maximum absolute atomic E-state index is 13.8. The highest BCUT2D eigenvalue weighted by Crippen LogP contribution is 2.37. The van der Waals surface area contributed by atoms with Crippen LogP contribution in [0.5, 0.6) is 0 Å². The summed E-state index contributed by atoms with van der Waals surface area (Å²) in [6.07, 6.45) is 8.66. The van der Waals surface area contributed by atoms with Gasteiger partial charge in [0.15, 0.2) is 0 Å². The predicted molar refractivity (Wildman–Crippen MR) is 205 cm³/mol. The van der Waals surface area contributed by atoms with E-state index < -0.39 is 18.2 Å². The molecule has 0 bridgehead atoms. The molecule has 5 N–H and O–H groups in total. The van der Waals surface area contributed by atoms with E-state index in [0.717, 1.165) is 90.8 Å². The number of likely N-dealkylation sites (tertiary alicyclic amines) is 2. The molecular formula is C41H50N8O6. The Balaban J connectivity index is 0.994. The largest absolute Gasteiger partial charge is 0.465 e. The molecule has 2 saturated heterocycles. The first-order valence-corrected chi connectivity index (χ1v) is 19.4. The molecule has 2 aromatic heterocycles. The van der Waals surface area contributed by atoms with Crippen molar-refractivity contribution in [3.05, 3.63) is 72.6 Å². The van der Waals surface area contributed by atoms with Crippen molar-refractivity contribution >= 4 is 24.0 Å². The number of nitrogens with one attached hydrogen (secondary N) is 4. The van der Waals surface area contributed by atoms with Crippen LogP contribution in [-0.2, 0) is 14.3 Å². The Morgan fingerprint density at radius 2 is 1.25 bits per heavy atom. The van der Waals surface area contributed by atoms with Crippen molar-refractivity contribution in [3.63, 3.8) is 0 Å². The van der Waals surface area contributed by atoms with Crippen molar-refractivity contribution in [2.75, 3.05) is 20.2 Å². The molecule has 4 aromatic rings. The van der Waals surface area contributed by atoms with Crippen LogP contribution in [0.2, 0.25) is 0 Å². The van der Waals surface area contributed by atoms with Crippen molar-refractivity contribution in [1.29, 1.82) is 0 Å². The summed E-state index contributed by atoms with van der Waals surface area (Å²) in [5, 5.41) is 14.6. The van der Waals surface area contributed by atoms with E-state index in [1.807, 2.05) is 37.1 Å². The number of amides is 4. The average molecular weight is 751 g/mol. The molecule has 0 radical (unpaired) electrons. The second-order valence-corrected chi connectivity index (χ2v) is 15.2. The molecule has 1 saturated carbocycles. The summed E-state index contributed by atoms with van der Waals surface area (Å²) < 4.78 is 4.82. The summed E-state index contributed by atoms with van der Waals surface area (Å²) in [5.74, 6) is 0.863. The van der Waals surface area contributed by atoms with E-state index in [0.29, 0.717) is 18.9 Å². The highest BCUT2D eigenvalue weighted by molar-refractivity contribution is 5.86. The number of aromatic amines is 2. The summed E-state index contributed by atoms with van der Waals surface area (Å²) in [6.45, 7) is 4.89. The molecule has 4 amide bonds. The summed E-state index contributed by atoms with van der Waals surface area (Å²) in [6, 6.07) is 15.1. The number of hydrogen-bond donors (Lipinski definition) is 5. The maximum Gasteiger partial charge on any atom is 0.407 e. The minimum atomic E-state index is -1.21. The van der Waals surface area contributed by atoms with Gasteiger partial charge in [-0.3, -0.25) is 9.59 Å². The van der Waals surface area contributed by atoms with E-state index in [-0.39, 0.29) is 41.8 Å². The Morgan fingerprint density at radius 1 is 0.745 bits per heavy atom. The number of alkyl carbamates (subject to hydrolysis) is 1. The van der Waals surface area contributed by atoms with Crippen LogP contribution in [0.3, 0.4) is 0 Å². The van der Waals surface area contributed by atoms with E-state index >= 15 is 0 Å². The fourth-order valence-corrected chi connectivity index (χ4v) is 8.47. The Labute approximate surface area is 320 Å². The van der Waals surface area contributed by atoms with Gasteiger partial charge in [-0.05, 0) is 66.7 Å². The predicted octanol–water partition coefficient (Wildman–Crippen LogP) is 6.67. The minimum absolute atomic E-state index is 0.0735. The number of carbonyl (C=O) groups is 4. The first-order valence-electron chi connectivity index (χ1n) is 19.4. The molecule has 0 unspecified atom stereocenters. The lowest BCUT2D eigenvalue weighted by Crippen LogP contribution is -2.50. The third kappa shape index (κ3) is 8.08. The Hall–Kier alpha value is -5.66. The van der Waals surface area contributed by atoms with Crippen molar-refractivity contribution in [1.82, 2.24) is 40.4 Å². The number of imidazole rings is 2. The quantitative estimate of drug-likeness (QED) is 0.119. The number of nitrogens with zero attached hydrogens (tertiary/aromatic N) is 4. The zero-order valence-corrected chi connectivity index (χ0v) is 31.6. The van der Waals surface area contributed by atoms with Crippen LogP contribution in [0, 0.1) is 11.8 Å². The zero-order chi connectivity index (χ0) is 38.6.